The van der Waals surface area contributed by atoms with E-state index in [2.05, 4.69) is 15.5 Å². The Labute approximate surface area is 209 Å². The Kier molecular flexibility index (Phi) is 6.62. The van der Waals surface area contributed by atoms with Crippen LogP contribution in [0.4, 0.5) is 34.1 Å². The summed E-state index contributed by atoms with van der Waals surface area (Å²) in [6.07, 6.45) is 0. The maximum Gasteiger partial charge on any atom is 0.296 e. The van der Waals surface area contributed by atoms with E-state index < -0.39 is 35.7 Å². The molecule has 0 saturated carbocycles. The SMILES string of the molecule is Nc1ccc(N=Nc2ccc(Nc3ccc([N+](=O)[O-])cc3S(=O)(=O)O)cc2)c2ccc(S(=O)(=O)O)cc12. The zero-order valence-electron chi connectivity index (χ0n) is 18.5. The smallest absolute Gasteiger partial charge is 0.296 e. The van der Waals surface area contributed by atoms with E-state index in [1.165, 1.54) is 24.3 Å². The second-order valence-corrected chi connectivity index (χ2v) is 10.5. The number of benzene rings is 4. The maximum absolute atomic E-state index is 11.7. The average Bonchev–Trinajstić information content (AvgIpc) is 2.83. The Morgan fingerprint density at radius 1 is 0.811 bits per heavy atom. The van der Waals surface area contributed by atoms with Crippen LogP contribution in [0.1, 0.15) is 0 Å². The molecule has 0 saturated heterocycles. The van der Waals surface area contributed by atoms with Gasteiger partial charge in [0.15, 0.2) is 0 Å². The lowest BCUT2D eigenvalue weighted by atomic mass is 10.1. The van der Waals surface area contributed by atoms with E-state index >= 15 is 0 Å². The van der Waals surface area contributed by atoms with Gasteiger partial charge in [0.25, 0.3) is 25.9 Å². The first-order valence-electron chi connectivity index (χ1n) is 10.2. The highest BCUT2D eigenvalue weighted by Crippen LogP contribution is 2.34. The summed E-state index contributed by atoms with van der Waals surface area (Å²) in [7, 11) is -9.16. The average molecular weight is 544 g/mol. The molecule has 0 radical (unpaired) electrons. The summed E-state index contributed by atoms with van der Waals surface area (Å²) in [4.78, 5) is 9.20. The van der Waals surface area contributed by atoms with Crippen LogP contribution in [0.2, 0.25) is 0 Å². The van der Waals surface area contributed by atoms with Gasteiger partial charge in [0, 0.05) is 34.3 Å². The zero-order valence-corrected chi connectivity index (χ0v) is 20.1. The maximum atomic E-state index is 11.7. The third-order valence-corrected chi connectivity index (χ3v) is 6.91. The number of azo groups is 1. The number of non-ortho nitro benzene ring substituents is 1. The third kappa shape index (κ3) is 5.70. The molecule has 5 N–H and O–H groups in total. The second kappa shape index (κ2) is 9.55. The number of nitrogens with zero attached hydrogens (tertiary/aromatic N) is 3. The van der Waals surface area contributed by atoms with Crippen molar-refractivity contribution >= 4 is 65.1 Å². The highest BCUT2D eigenvalue weighted by atomic mass is 32.2. The number of nitrogens with two attached hydrogens (primary N) is 1. The highest BCUT2D eigenvalue weighted by molar-refractivity contribution is 7.86. The van der Waals surface area contributed by atoms with Crippen LogP contribution in [-0.2, 0) is 20.2 Å². The fourth-order valence-electron chi connectivity index (χ4n) is 3.40. The number of nitro groups is 1. The summed E-state index contributed by atoms with van der Waals surface area (Å²) in [5.74, 6) is 0. The molecule has 0 aromatic heterocycles. The van der Waals surface area contributed by atoms with Gasteiger partial charge in [0.05, 0.1) is 26.9 Å². The normalized spacial score (nSPS) is 12.2. The molecule has 0 bridgehead atoms. The van der Waals surface area contributed by atoms with Gasteiger partial charge in [-0.25, -0.2) is 0 Å². The lowest BCUT2D eigenvalue weighted by Gasteiger charge is -2.10. The molecule has 4 aromatic carbocycles. The Morgan fingerprint density at radius 3 is 2.14 bits per heavy atom. The molecule has 0 fully saturated rings. The molecule has 13 nitrogen and oxygen atoms in total. The molecule has 0 aliphatic carbocycles. The molecule has 37 heavy (non-hydrogen) atoms. The number of rotatable bonds is 7. The lowest BCUT2D eigenvalue weighted by molar-refractivity contribution is -0.385. The Balaban J connectivity index is 1.60. The van der Waals surface area contributed by atoms with E-state index in [1.54, 1.807) is 30.3 Å². The minimum absolute atomic E-state index is 0.0694. The van der Waals surface area contributed by atoms with Crippen molar-refractivity contribution in [3.05, 3.63) is 82.9 Å². The standard InChI is InChI=1S/C22H17N5O8S2/c23-19-8-10-20(17-7-6-16(12-18(17)19)36(30,31)32)26-25-14-3-1-13(2-4-14)24-21-9-5-15(27(28)29)11-22(21)37(33,34)35/h1-12,24H,23H2,(H,30,31,32)(H,33,34,35). The number of nitrogens with one attached hydrogen (secondary N) is 1. The summed E-state index contributed by atoms with van der Waals surface area (Å²) >= 11 is 0. The van der Waals surface area contributed by atoms with Crippen molar-refractivity contribution in [3.63, 3.8) is 0 Å². The first-order chi connectivity index (χ1) is 17.3. The van der Waals surface area contributed by atoms with E-state index in [9.17, 15) is 36.1 Å². The largest absolute Gasteiger partial charge is 0.398 e. The molecule has 4 rings (SSSR count). The van der Waals surface area contributed by atoms with Gasteiger partial charge in [0.1, 0.15) is 4.90 Å². The molecule has 0 aliphatic rings. The van der Waals surface area contributed by atoms with Crippen molar-refractivity contribution in [2.75, 3.05) is 11.1 Å². The van der Waals surface area contributed by atoms with Gasteiger partial charge in [-0.3, -0.25) is 19.2 Å². The fraction of sp³-hybridized carbons (Fsp3) is 0. The molecule has 0 spiro atoms. The summed E-state index contributed by atoms with van der Waals surface area (Å²) < 4.78 is 65.0. The zero-order chi connectivity index (χ0) is 27.0. The van der Waals surface area contributed by atoms with Crippen molar-refractivity contribution in [3.8, 4) is 0 Å². The topological polar surface area (TPSA) is 215 Å². The predicted molar refractivity (Wildman–Crippen MR) is 135 cm³/mol. The van der Waals surface area contributed by atoms with Crippen LogP contribution < -0.4 is 11.1 Å². The van der Waals surface area contributed by atoms with Crippen LogP contribution in [0.5, 0.6) is 0 Å². The first kappa shape index (κ1) is 25.6. The van der Waals surface area contributed by atoms with Crippen LogP contribution in [0.15, 0.2) is 92.8 Å². The van der Waals surface area contributed by atoms with Gasteiger partial charge in [0.2, 0.25) is 0 Å². The fourth-order valence-corrected chi connectivity index (χ4v) is 4.57. The van der Waals surface area contributed by atoms with E-state index in [4.69, 9.17) is 5.73 Å². The van der Waals surface area contributed by atoms with Gasteiger partial charge in [-0.05, 0) is 54.6 Å². The van der Waals surface area contributed by atoms with Crippen LogP contribution >= 0.6 is 0 Å². The van der Waals surface area contributed by atoms with Crippen LogP contribution in [0, 0.1) is 10.1 Å². The molecule has 0 unspecified atom stereocenters. The van der Waals surface area contributed by atoms with Gasteiger partial charge >= 0.3 is 0 Å². The second-order valence-electron chi connectivity index (χ2n) is 7.64. The third-order valence-electron chi connectivity index (χ3n) is 5.17. The Morgan fingerprint density at radius 2 is 1.51 bits per heavy atom. The number of hydrogen-bond acceptors (Lipinski definition) is 10. The van der Waals surface area contributed by atoms with Crippen LogP contribution in [0.25, 0.3) is 10.8 Å². The minimum atomic E-state index is -4.75. The van der Waals surface area contributed by atoms with Crippen molar-refractivity contribution in [1.29, 1.82) is 0 Å². The first-order valence-corrected chi connectivity index (χ1v) is 13.1. The Hall–Kier alpha value is -4.44. The van der Waals surface area contributed by atoms with Gasteiger partial charge in [-0.15, -0.1) is 5.11 Å². The summed E-state index contributed by atoms with van der Waals surface area (Å²) in [5, 5.41) is 22.9. The molecule has 0 aliphatic heterocycles. The van der Waals surface area contributed by atoms with Crippen molar-refractivity contribution in [2.45, 2.75) is 9.79 Å². The van der Waals surface area contributed by atoms with E-state index in [-0.39, 0.29) is 16.3 Å². The molecule has 0 heterocycles. The molecular formula is C22H17N5O8S2. The lowest BCUT2D eigenvalue weighted by Crippen LogP contribution is -2.04. The number of nitrogen functional groups attached to an aromatic ring is 1. The van der Waals surface area contributed by atoms with E-state index in [1.807, 2.05) is 0 Å². The van der Waals surface area contributed by atoms with Crippen molar-refractivity contribution in [1.82, 2.24) is 0 Å². The van der Waals surface area contributed by atoms with E-state index in [0.29, 0.717) is 27.8 Å². The summed E-state index contributed by atoms with van der Waals surface area (Å²) in [5.41, 5.74) is 6.84. The number of nitro benzene ring substituents is 1. The number of fused-ring (bicyclic) bond motifs is 1. The van der Waals surface area contributed by atoms with Gasteiger partial charge in [-0.1, -0.05) is 6.07 Å². The summed E-state index contributed by atoms with van der Waals surface area (Å²) in [6, 6.07) is 16.2. The molecule has 190 valence electrons. The van der Waals surface area contributed by atoms with Gasteiger partial charge < -0.3 is 11.1 Å². The minimum Gasteiger partial charge on any atom is -0.398 e. The van der Waals surface area contributed by atoms with Crippen molar-refractivity contribution in [2.24, 2.45) is 10.2 Å². The molecule has 4 aromatic rings. The monoisotopic (exact) mass is 543 g/mol. The predicted octanol–water partition coefficient (Wildman–Crippen LogP) is 4.98. The molecule has 15 heteroatoms. The van der Waals surface area contributed by atoms with Gasteiger partial charge in [-0.2, -0.15) is 21.9 Å². The van der Waals surface area contributed by atoms with Crippen LogP contribution in [-0.4, -0.2) is 30.9 Å². The number of anilines is 3. The van der Waals surface area contributed by atoms with Crippen LogP contribution in [0.3, 0.4) is 0 Å². The Bertz CT molecular complexity index is 1790. The molecular weight excluding hydrogens is 526 g/mol. The van der Waals surface area contributed by atoms with E-state index in [0.717, 1.165) is 18.2 Å². The highest BCUT2D eigenvalue weighted by Gasteiger charge is 2.20. The molecule has 0 atom stereocenters. The van der Waals surface area contributed by atoms with Crippen molar-refractivity contribution < 1.29 is 30.9 Å². The molecule has 0 amide bonds. The summed E-state index contributed by atoms with van der Waals surface area (Å²) in [6.45, 7) is 0. The quantitative estimate of drug-likeness (QED) is 0.0805. The number of hydrogen-bond donors (Lipinski definition) is 4.